The van der Waals surface area contributed by atoms with Crippen molar-refractivity contribution in [1.82, 2.24) is 5.32 Å². The number of rotatable bonds is 6. The van der Waals surface area contributed by atoms with Crippen molar-refractivity contribution < 1.29 is 9.00 Å². The molecule has 0 bridgehead atoms. The minimum absolute atomic E-state index is 0.0220. The van der Waals surface area contributed by atoms with E-state index >= 15 is 0 Å². The van der Waals surface area contributed by atoms with Gasteiger partial charge in [-0.25, -0.2) is 0 Å². The predicted octanol–water partition coefficient (Wildman–Crippen LogP) is 3.08. The summed E-state index contributed by atoms with van der Waals surface area (Å²) >= 11 is 0. The Bertz CT molecular complexity index is 536. The van der Waals surface area contributed by atoms with E-state index in [4.69, 9.17) is 0 Å². The fourth-order valence-corrected chi connectivity index (χ4v) is 4.00. The number of hydrogen-bond donors (Lipinski definition) is 1. The molecule has 0 spiro atoms. The van der Waals surface area contributed by atoms with Gasteiger partial charge in [0.1, 0.15) is 0 Å². The number of benzene rings is 1. The normalized spacial score (nSPS) is 18.6. The molecule has 1 N–H and O–H groups in total. The number of nitrogens with one attached hydrogen (secondary N) is 1. The van der Waals surface area contributed by atoms with Gasteiger partial charge in [-0.05, 0) is 30.9 Å². The average Bonchev–Trinajstić information content (AvgIpc) is 2.52. The zero-order valence-electron chi connectivity index (χ0n) is 13.7. The van der Waals surface area contributed by atoms with Gasteiger partial charge in [0.05, 0.1) is 0 Å². The van der Waals surface area contributed by atoms with Gasteiger partial charge in [-0.1, -0.05) is 43.5 Å². The van der Waals surface area contributed by atoms with E-state index in [0.717, 1.165) is 12.8 Å². The van der Waals surface area contributed by atoms with Gasteiger partial charge in [-0.2, -0.15) is 0 Å². The SMILES string of the molecule is Cc1ccccc1C1(CNC(=O)CCS(C)=O)CCCCC1. The molecular formula is C18H27NO2S. The first-order chi connectivity index (χ1) is 10.5. The Hall–Kier alpha value is -1.16. The van der Waals surface area contributed by atoms with Crippen LogP contribution in [-0.2, 0) is 21.0 Å². The fraction of sp³-hybridized carbons (Fsp3) is 0.611. The Labute approximate surface area is 136 Å². The van der Waals surface area contributed by atoms with Gasteiger partial charge < -0.3 is 5.32 Å². The van der Waals surface area contributed by atoms with Crippen molar-refractivity contribution in [3.63, 3.8) is 0 Å². The van der Waals surface area contributed by atoms with Crippen molar-refractivity contribution in [3.8, 4) is 0 Å². The van der Waals surface area contributed by atoms with E-state index in [2.05, 4.69) is 36.5 Å². The van der Waals surface area contributed by atoms with Crippen LogP contribution < -0.4 is 5.32 Å². The predicted molar refractivity (Wildman–Crippen MR) is 92.5 cm³/mol. The Balaban J connectivity index is 2.08. The van der Waals surface area contributed by atoms with Crippen LogP contribution in [0.5, 0.6) is 0 Å². The van der Waals surface area contributed by atoms with Crippen LogP contribution in [0.25, 0.3) is 0 Å². The van der Waals surface area contributed by atoms with E-state index in [1.54, 1.807) is 6.26 Å². The second-order valence-electron chi connectivity index (χ2n) is 6.46. The molecule has 0 heterocycles. The van der Waals surface area contributed by atoms with Crippen LogP contribution >= 0.6 is 0 Å². The first-order valence-electron chi connectivity index (χ1n) is 8.16. The van der Waals surface area contributed by atoms with Crippen LogP contribution in [-0.4, -0.2) is 28.7 Å². The van der Waals surface area contributed by atoms with Crippen molar-refractivity contribution >= 4 is 16.7 Å². The summed E-state index contributed by atoms with van der Waals surface area (Å²) in [6.07, 6.45) is 8.01. The summed E-state index contributed by atoms with van der Waals surface area (Å²) in [5, 5.41) is 3.10. The molecule has 122 valence electrons. The number of amides is 1. The monoisotopic (exact) mass is 321 g/mol. The van der Waals surface area contributed by atoms with E-state index in [1.165, 1.54) is 30.4 Å². The van der Waals surface area contributed by atoms with Crippen molar-refractivity contribution in [2.75, 3.05) is 18.6 Å². The number of carbonyl (C=O) groups is 1. The number of carbonyl (C=O) groups excluding carboxylic acids is 1. The van der Waals surface area contributed by atoms with Crippen LogP contribution in [0.4, 0.5) is 0 Å². The summed E-state index contributed by atoms with van der Waals surface area (Å²) in [6.45, 7) is 2.86. The molecule has 1 aliphatic rings. The molecule has 1 fully saturated rings. The van der Waals surface area contributed by atoms with Gasteiger partial charge >= 0.3 is 0 Å². The van der Waals surface area contributed by atoms with Crippen LogP contribution in [0.2, 0.25) is 0 Å². The Morgan fingerprint density at radius 3 is 2.55 bits per heavy atom. The lowest BCUT2D eigenvalue weighted by molar-refractivity contribution is -0.121. The summed E-state index contributed by atoms with van der Waals surface area (Å²) in [7, 11) is -0.905. The highest BCUT2D eigenvalue weighted by Gasteiger charge is 2.35. The summed E-state index contributed by atoms with van der Waals surface area (Å²) in [5.41, 5.74) is 2.77. The van der Waals surface area contributed by atoms with Crippen LogP contribution in [0.1, 0.15) is 49.7 Å². The third-order valence-corrected chi connectivity index (χ3v) is 5.55. The molecule has 2 rings (SSSR count). The maximum Gasteiger partial charge on any atom is 0.220 e. The molecular weight excluding hydrogens is 294 g/mol. The molecule has 0 aromatic heterocycles. The second-order valence-corrected chi connectivity index (χ2v) is 8.01. The third-order valence-electron chi connectivity index (χ3n) is 4.77. The van der Waals surface area contributed by atoms with E-state index in [9.17, 15) is 9.00 Å². The molecule has 1 unspecified atom stereocenters. The molecule has 1 amide bonds. The van der Waals surface area contributed by atoms with Crippen LogP contribution in [0.15, 0.2) is 24.3 Å². The maximum atomic E-state index is 12.0. The fourth-order valence-electron chi connectivity index (χ4n) is 3.53. The topological polar surface area (TPSA) is 46.2 Å². The van der Waals surface area contributed by atoms with Gasteiger partial charge in [0.2, 0.25) is 5.91 Å². The van der Waals surface area contributed by atoms with Gasteiger partial charge in [0.15, 0.2) is 0 Å². The van der Waals surface area contributed by atoms with Crippen molar-refractivity contribution in [1.29, 1.82) is 0 Å². The van der Waals surface area contributed by atoms with E-state index in [-0.39, 0.29) is 11.3 Å². The summed E-state index contributed by atoms with van der Waals surface area (Å²) < 4.78 is 11.1. The Morgan fingerprint density at radius 2 is 1.91 bits per heavy atom. The lowest BCUT2D eigenvalue weighted by Crippen LogP contribution is -2.42. The standard InChI is InChI=1S/C18H27NO2S/c1-15-8-4-5-9-16(15)18(11-6-3-7-12-18)14-19-17(20)10-13-22(2)21/h4-5,8-9H,3,6-7,10-14H2,1-2H3,(H,19,20). The molecule has 1 atom stereocenters. The molecule has 1 aliphatic carbocycles. The lowest BCUT2D eigenvalue weighted by Gasteiger charge is -2.39. The molecule has 22 heavy (non-hydrogen) atoms. The largest absolute Gasteiger partial charge is 0.355 e. The highest BCUT2D eigenvalue weighted by Crippen LogP contribution is 2.40. The first-order valence-corrected chi connectivity index (χ1v) is 9.89. The van der Waals surface area contributed by atoms with Crippen LogP contribution in [0.3, 0.4) is 0 Å². The molecule has 0 saturated heterocycles. The van der Waals surface area contributed by atoms with Gasteiger partial charge in [0, 0.05) is 41.2 Å². The van der Waals surface area contributed by atoms with E-state index < -0.39 is 10.8 Å². The quantitative estimate of drug-likeness (QED) is 0.875. The minimum atomic E-state index is -0.905. The van der Waals surface area contributed by atoms with Crippen molar-refractivity contribution in [2.45, 2.75) is 50.9 Å². The summed E-state index contributed by atoms with van der Waals surface area (Å²) in [4.78, 5) is 12.0. The molecule has 3 nitrogen and oxygen atoms in total. The lowest BCUT2D eigenvalue weighted by atomic mass is 9.68. The van der Waals surface area contributed by atoms with Crippen LogP contribution in [0, 0.1) is 6.92 Å². The molecule has 0 aliphatic heterocycles. The zero-order valence-corrected chi connectivity index (χ0v) is 14.5. The van der Waals surface area contributed by atoms with Gasteiger partial charge in [0.25, 0.3) is 0 Å². The summed E-state index contributed by atoms with van der Waals surface area (Å²) in [5.74, 6) is 0.470. The maximum absolute atomic E-state index is 12.0. The van der Waals surface area contributed by atoms with Crippen molar-refractivity contribution in [2.24, 2.45) is 0 Å². The van der Waals surface area contributed by atoms with Gasteiger partial charge in [-0.3, -0.25) is 9.00 Å². The van der Waals surface area contributed by atoms with Crippen molar-refractivity contribution in [3.05, 3.63) is 35.4 Å². The highest BCUT2D eigenvalue weighted by atomic mass is 32.2. The molecule has 1 aromatic rings. The number of aryl methyl sites for hydroxylation is 1. The Morgan fingerprint density at radius 1 is 1.23 bits per heavy atom. The molecule has 1 saturated carbocycles. The second kappa shape index (κ2) is 7.91. The van der Waals surface area contributed by atoms with E-state index in [0.29, 0.717) is 18.7 Å². The molecule has 1 aromatic carbocycles. The molecule has 0 radical (unpaired) electrons. The third kappa shape index (κ3) is 4.42. The highest BCUT2D eigenvalue weighted by molar-refractivity contribution is 7.84. The first kappa shape index (κ1) is 17.2. The van der Waals surface area contributed by atoms with E-state index in [1.807, 2.05) is 0 Å². The minimum Gasteiger partial charge on any atom is -0.355 e. The average molecular weight is 321 g/mol. The van der Waals surface area contributed by atoms with Gasteiger partial charge in [-0.15, -0.1) is 0 Å². The smallest absolute Gasteiger partial charge is 0.220 e. The Kier molecular flexibility index (Phi) is 6.18. The zero-order chi connectivity index (χ0) is 16.0. The number of hydrogen-bond acceptors (Lipinski definition) is 2. The summed E-state index contributed by atoms with van der Waals surface area (Å²) in [6, 6.07) is 8.55. The molecule has 4 heteroatoms.